The molecule has 2 aromatic carbocycles. The fraction of sp³-hybridized carbons (Fsp3) is 0.273. The van der Waals surface area contributed by atoms with Gasteiger partial charge in [0.05, 0.1) is 21.4 Å². The number of benzene rings is 2. The Morgan fingerprint density at radius 3 is 2.42 bits per heavy atom. The van der Waals surface area contributed by atoms with Gasteiger partial charge in [0.1, 0.15) is 12.6 Å². The number of aliphatic carboxylic acids is 1. The van der Waals surface area contributed by atoms with E-state index in [-0.39, 0.29) is 11.7 Å². The lowest BCUT2D eigenvalue weighted by Gasteiger charge is -2.15. The monoisotopic (exact) mass is 568 g/mol. The molecule has 36 heavy (non-hydrogen) atoms. The summed E-state index contributed by atoms with van der Waals surface area (Å²) in [6.45, 7) is -0.379. The van der Waals surface area contributed by atoms with E-state index in [0.29, 0.717) is 20.7 Å². The van der Waals surface area contributed by atoms with Crippen molar-refractivity contribution in [2.24, 2.45) is 0 Å². The average molecular weight is 569 g/mol. The van der Waals surface area contributed by atoms with Gasteiger partial charge in [-0.3, -0.25) is 14.4 Å². The van der Waals surface area contributed by atoms with Crippen molar-refractivity contribution in [1.29, 1.82) is 0 Å². The van der Waals surface area contributed by atoms with Gasteiger partial charge in [-0.1, -0.05) is 65.3 Å². The minimum absolute atomic E-state index is 0.196. The zero-order valence-corrected chi connectivity index (χ0v) is 22.4. The molecule has 0 spiro atoms. The molecule has 0 radical (unpaired) electrons. The van der Waals surface area contributed by atoms with Crippen molar-refractivity contribution in [3.63, 3.8) is 0 Å². The summed E-state index contributed by atoms with van der Waals surface area (Å²) in [5, 5.41) is 24.1. The number of carboxylic acids is 1. The Balaban J connectivity index is 1.63. The fourth-order valence-corrected chi connectivity index (χ4v) is 5.04. The highest BCUT2D eigenvalue weighted by Crippen LogP contribution is 2.39. The molecule has 3 rings (SSSR count). The smallest absolute Gasteiger partial charge is 0.305 e. The first-order valence-electron chi connectivity index (χ1n) is 10.5. The van der Waals surface area contributed by atoms with Crippen LogP contribution in [0.1, 0.15) is 12.0 Å². The molecule has 1 aromatic heterocycles. The minimum Gasteiger partial charge on any atom is -0.481 e. The van der Waals surface area contributed by atoms with Crippen molar-refractivity contribution in [1.82, 2.24) is 25.5 Å². The van der Waals surface area contributed by atoms with Gasteiger partial charge in [0.15, 0.2) is 5.78 Å². The third-order valence-corrected chi connectivity index (χ3v) is 7.36. The van der Waals surface area contributed by atoms with Crippen molar-refractivity contribution < 1.29 is 19.5 Å². The Labute approximate surface area is 225 Å². The third-order valence-electron chi connectivity index (χ3n) is 4.70. The molecule has 1 heterocycles. The number of carbonyl (C=O) groups excluding carboxylic acids is 2. The van der Waals surface area contributed by atoms with Gasteiger partial charge in [-0.15, -0.1) is 10.2 Å². The second-order valence-corrected chi connectivity index (χ2v) is 10.4. The maximum Gasteiger partial charge on any atom is 0.305 e. The van der Waals surface area contributed by atoms with Crippen molar-refractivity contribution in [2.45, 2.75) is 34.8 Å². The van der Waals surface area contributed by atoms with Crippen molar-refractivity contribution in [2.75, 3.05) is 19.0 Å². The second kappa shape index (κ2) is 12.9. The van der Waals surface area contributed by atoms with E-state index >= 15 is 0 Å². The average Bonchev–Trinajstić information content (AvgIpc) is 3.26. The Hall–Kier alpha value is -2.80. The van der Waals surface area contributed by atoms with Crippen LogP contribution in [0.3, 0.4) is 0 Å². The summed E-state index contributed by atoms with van der Waals surface area (Å²) < 4.78 is 0. The van der Waals surface area contributed by atoms with E-state index < -0.39 is 29.5 Å². The molecule has 0 aliphatic carbocycles. The first kappa shape index (κ1) is 27.8. The highest BCUT2D eigenvalue weighted by atomic mass is 35.5. The van der Waals surface area contributed by atoms with E-state index in [1.54, 1.807) is 12.1 Å². The molecule has 1 atom stereocenters. The number of hydrogen-bond donors (Lipinski definition) is 2. The van der Waals surface area contributed by atoms with Crippen LogP contribution in [0.4, 0.5) is 10.5 Å². The van der Waals surface area contributed by atoms with E-state index in [9.17, 15) is 19.5 Å². The normalized spacial score (nSPS) is 11.7. The van der Waals surface area contributed by atoms with Crippen LogP contribution in [0.25, 0.3) is 0 Å². The number of thioether (sulfide) groups is 1. The van der Waals surface area contributed by atoms with Crippen LogP contribution in [0.15, 0.2) is 52.5 Å². The number of ketones is 1. The SMILES string of the molecule is CN(C)c1cc(Cl)c(Sc2nnn(CC(=O)C(CC(=O)O)NC(=O)SCc3ccccc3)n2)c(Cl)c1. The van der Waals surface area contributed by atoms with Gasteiger partial charge in [-0.05, 0) is 34.7 Å². The van der Waals surface area contributed by atoms with Gasteiger partial charge in [0.2, 0.25) is 5.16 Å². The number of aromatic nitrogens is 4. The first-order chi connectivity index (χ1) is 17.1. The summed E-state index contributed by atoms with van der Waals surface area (Å²) in [6.07, 6.45) is -0.573. The van der Waals surface area contributed by atoms with E-state index in [1.807, 2.05) is 49.3 Å². The maximum absolute atomic E-state index is 12.8. The van der Waals surface area contributed by atoms with Gasteiger partial charge >= 0.3 is 5.97 Å². The van der Waals surface area contributed by atoms with Crippen LogP contribution in [-0.4, -0.2) is 62.4 Å². The highest BCUT2D eigenvalue weighted by molar-refractivity contribution is 8.12. The van der Waals surface area contributed by atoms with Crippen LogP contribution >= 0.6 is 46.7 Å². The molecule has 1 amide bonds. The number of rotatable bonds is 11. The quantitative estimate of drug-likeness (QED) is 0.346. The minimum atomic E-state index is -1.25. The Kier molecular flexibility index (Phi) is 9.99. The molecule has 0 fully saturated rings. The number of anilines is 1. The standard InChI is InChI=1S/C22H22Cl2N6O4S2/c1-29(2)14-8-15(23)20(16(24)9-14)36-21-26-28-30(27-21)11-18(31)17(10-19(32)33)25-22(34)35-12-13-6-4-3-5-7-13/h3-9,17H,10-12H2,1-2H3,(H,25,34)(H,32,33). The number of carboxylic acid groups (broad SMARTS) is 1. The zero-order valence-electron chi connectivity index (χ0n) is 19.2. The lowest BCUT2D eigenvalue weighted by atomic mass is 10.1. The Morgan fingerprint density at radius 2 is 1.81 bits per heavy atom. The zero-order chi connectivity index (χ0) is 26.2. The first-order valence-corrected chi connectivity index (χ1v) is 13.0. The van der Waals surface area contributed by atoms with Gasteiger partial charge < -0.3 is 15.3 Å². The van der Waals surface area contributed by atoms with Crippen molar-refractivity contribution >= 4 is 69.4 Å². The van der Waals surface area contributed by atoms with E-state index in [1.165, 1.54) is 0 Å². The number of tetrazole rings is 1. The number of carbonyl (C=O) groups is 3. The molecule has 0 saturated heterocycles. The predicted octanol–water partition coefficient (Wildman–Crippen LogP) is 4.25. The number of nitrogens with zero attached hydrogens (tertiary/aromatic N) is 5. The summed E-state index contributed by atoms with van der Waals surface area (Å²) in [5.74, 6) is -1.42. The summed E-state index contributed by atoms with van der Waals surface area (Å²) in [5.41, 5.74) is 1.75. The summed E-state index contributed by atoms with van der Waals surface area (Å²) in [4.78, 5) is 39.8. The topological polar surface area (TPSA) is 130 Å². The maximum atomic E-state index is 12.8. The summed E-state index contributed by atoms with van der Waals surface area (Å²) >= 11 is 14.7. The molecule has 10 nitrogen and oxygen atoms in total. The molecule has 0 bridgehead atoms. The molecule has 3 aromatic rings. The van der Waals surface area contributed by atoms with Gasteiger partial charge in [-0.25, -0.2) is 0 Å². The number of amides is 1. The summed E-state index contributed by atoms with van der Waals surface area (Å²) in [7, 11) is 3.72. The predicted molar refractivity (Wildman–Crippen MR) is 140 cm³/mol. The summed E-state index contributed by atoms with van der Waals surface area (Å²) in [6, 6.07) is 11.5. The molecule has 2 N–H and O–H groups in total. The number of hydrogen-bond acceptors (Lipinski definition) is 9. The van der Waals surface area contributed by atoms with Crippen LogP contribution in [-0.2, 0) is 21.9 Å². The number of nitrogens with one attached hydrogen (secondary N) is 1. The van der Waals surface area contributed by atoms with Gasteiger partial charge in [0.25, 0.3) is 5.24 Å². The van der Waals surface area contributed by atoms with E-state index in [0.717, 1.165) is 39.6 Å². The molecule has 0 saturated carbocycles. The molecule has 14 heteroatoms. The largest absolute Gasteiger partial charge is 0.481 e. The van der Waals surface area contributed by atoms with Crippen molar-refractivity contribution in [3.05, 3.63) is 58.1 Å². The molecular formula is C22H22Cl2N6O4S2. The fourth-order valence-electron chi connectivity index (χ4n) is 2.91. The second-order valence-electron chi connectivity index (χ2n) is 7.66. The van der Waals surface area contributed by atoms with E-state index in [4.69, 9.17) is 23.2 Å². The lowest BCUT2D eigenvalue weighted by Crippen LogP contribution is -2.42. The number of Topliss-reactive ketones (excluding diaryl/α,β-unsaturated/α-hetero) is 1. The molecule has 0 aliphatic rings. The molecule has 0 aliphatic heterocycles. The van der Waals surface area contributed by atoms with Gasteiger partial charge in [-0.2, -0.15) is 4.80 Å². The molecule has 1 unspecified atom stereocenters. The van der Waals surface area contributed by atoms with Crippen LogP contribution in [0.2, 0.25) is 10.0 Å². The third kappa shape index (κ3) is 8.12. The van der Waals surface area contributed by atoms with Crippen LogP contribution in [0.5, 0.6) is 0 Å². The highest BCUT2D eigenvalue weighted by Gasteiger charge is 2.25. The number of halogens is 2. The molecule has 190 valence electrons. The van der Waals surface area contributed by atoms with Crippen molar-refractivity contribution in [3.8, 4) is 0 Å². The Bertz CT molecular complexity index is 1220. The van der Waals surface area contributed by atoms with E-state index in [2.05, 4.69) is 20.7 Å². The van der Waals surface area contributed by atoms with Crippen LogP contribution < -0.4 is 10.2 Å². The van der Waals surface area contributed by atoms with Crippen LogP contribution in [0, 0.1) is 0 Å². The van der Waals surface area contributed by atoms with Gasteiger partial charge in [0, 0.05) is 25.5 Å². The molecular weight excluding hydrogens is 547 g/mol. The lowest BCUT2D eigenvalue weighted by molar-refractivity contribution is -0.139. The Morgan fingerprint density at radius 1 is 1.14 bits per heavy atom.